The van der Waals surface area contributed by atoms with Crippen molar-refractivity contribution < 1.29 is 19.1 Å². The van der Waals surface area contributed by atoms with E-state index in [9.17, 15) is 14.7 Å². The molecule has 2 aromatic heterocycles. The van der Waals surface area contributed by atoms with Gasteiger partial charge in [-0.2, -0.15) is 0 Å². The van der Waals surface area contributed by atoms with Crippen LogP contribution < -0.4 is 4.90 Å². The molecule has 0 aliphatic carbocycles. The number of nitrogens with zero attached hydrogens (tertiary/aromatic N) is 2. The molecule has 1 amide bonds. The van der Waals surface area contributed by atoms with Crippen LogP contribution in [-0.4, -0.2) is 21.8 Å². The molecule has 0 radical (unpaired) electrons. The summed E-state index contributed by atoms with van der Waals surface area (Å²) in [6.45, 7) is 3.72. The average Bonchev–Trinajstić information content (AvgIpc) is 3.44. The van der Waals surface area contributed by atoms with Gasteiger partial charge in [0.25, 0.3) is 5.91 Å². The number of aromatic nitrogens is 1. The van der Waals surface area contributed by atoms with E-state index in [1.165, 1.54) is 16.2 Å². The Bertz CT molecular complexity index is 1430. The highest BCUT2D eigenvalue weighted by atomic mass is 35.5. The van der Waals surface area contributed by atoms with Gasteiger partial charge in [0.15, 0.2) is 16.7 Å². The van der Waals surface area contributed by atoms with Gasteiger partial charge in [-0.15, -0.1) is 11.3 Å². The number of fused-ring (bicyclic) bond motifs is 1. The highest BCUT2D eigenvalue weighted by molar-refractivity contribution is 7.15. The molecule has 0 saturated heterocycles. The molecule has 166 valence electrons. The number of benzene rings is 2. The summed E-state index contributed by atoms with van der Waals surface area (Å²) in [5.74, 6) is -1.95. The number of halogens is 2. The Morgan fingerprint density at radius 1 is 1.12 bits per heavy atom. The zero-order valence-corrected chi connectivity index (χ0v) is 19.8. The Kier molecular flexibility index (Phi) is 5.28. The molecule has 2 aromatic carbocycles. The second-order valence-corrected chi connectivity index (χ2v) is 9.63. The second-order valence-electron chi connectivity index (χ2n) is 7.63. The van der Waals surface area contributed by atoms with Crippen molar-refractivity contribution in [3.63, 3.8) is 0 Å². The molecule has 4 aromatic rings. The zero-order chi connectivity index (χ0) is 23.4. The minimum atomic E-state index is -0.960. The molecule has 9 heteroatoms. The molecule has 1 atom stereocenters. The molecule has 1 N–H and O–H groups in total. The number of aliphatic hydroxyl groups excluding tert-OH is 1. The first-order valence-electron chi connectivity index (χ1n) is 9.95. The summed E-state index contributed by atoms with van der Waals surface area (Å²) >= 11 is 13.7. The van der Waals surface area contributed by atoms with Crippen molar-refractivity contribution in [3.8, 4) is 0 Å². The Morgan fingerprint density at radius 3 is 2.55 bits per heavy atom. The van der Waals surface area contributed by atoms with Crippen LogP contribution in [0.15, 0.2) is 64.3 Å². The summed E-state index contributed by atoms with van der Waals surface area (Å²) in [7, 11) is 0. The summed E-state index contributed by atoms with van der Waals surface area (Å²) < 4.78 is 5.73. The molecule has 1 unspecified atom stereocenters. The van der Waals surface area contributed by atoms with E-state index in [1.54, 1.807) is 36.4 Å². The number of aliphatic hydroxyl groups is 1. The number of aryl methyl sites for hydroxylation is 2. The quantitative estimate of drug-likeness (QED) is 0.320. The Balaban J connectivity index is 1.68. The van der Waals surface area contributed by atoms with Crippen LogP contribution in [0.4, 0.5) is 5.13 Å². The molecule has 0 spiro atoms. The molecule has 5 rings (SSSR count). The lowest BCUT2D eigenvalue weighted by atomic mass is 9.95. The number of hydrogen-bond donors (Lipinski definition) is 1. The summed E-state index contributed by atoms with van der Waals surface area (Å²) in [6.07, 6.45) is 0. The van der Waals surface area contributed by atoms with Crippen molar-refractivity contribution in [2.45, 2.75) is 19.9 Å². The number of carbonyl (C=O) groups excluding carboxylic acids is 2. The number of thiazole rings is 1. The van der Waals surface area contributed by atoms with E-state index in [1.807, 2.05) is 26.0 Å². The Morgan fingerprint density at radius 2 is 1.88 bits per heavy atom. The van der Waals surface area contributed by atoms with Crippen LogP contribution in [0.2, 0.25) is 10.0 Å². The molecular formula is C24H16Cl2N2O4S. The lowest BCUT2D eigenvalue weighted by Gasteiger charge is -2.24. The van der Waals surface area contributed by atoms with E-state index in [0.29, 0.717) is 21.3 Å². The first-order valence-corrected chi connectivity index (χ1v) is 11.5. The maximum absolute atomic E-state index is 13.6. The molecule has 1 aliphatic rings. The SMILES string of the molecule is Cc1nc(N2C(=O)C(O)=C(C(=O)c3cc4ccccc4o3)C2c2ccc(Cl)c(Cl)c2)sc1C. The molecule has 6 nitrogen and oxygen atoms in total. The van der Waals surface area contributed by atoms with Crippen LogP contribution in [0.1, 0.15) is 32.7 Å². The fraction of sp³-hybridized carbons (Fsp3) is 0.125. The van der Waals surface area contributed by atoms with E-state index >= 15 is 0 Å². The number of carbonyl (C=O) groups is 2. The van der Waals surface area contributed by atoms with Crippen molar-refractivity contribution in [1.82, 2.24) is 4.98 Å². The first kappa shape index (κ1) is 21.7. The fourth-order valence-electron chi connectivity index (χ4n) is 3.82. The first-order chi connectivity index (χ1) is 15.8. The van der Waals surface area contributed by atoms with Gasteiger partial charge < -0.3 is 9.52 Å². The van der Waals surface area contributed by atoms with Crippen LogP contribution in [0.5, 0.6) is 0 Å². The molecule has 1 aliphatic heterocycles. The van der Waals surface area contributed by atoms with E-state index in [4.69, 9.17) is 27.6 Å². The number of rotatable bonds is 4. The average molecular weight is 499 g/mol. The third-order valence-electron chi connectivity index (χ3n) is 5.58. The Labute approximate surface area is 202 Å². The number of amides is 1. The fourth-order valence-corrected chi connectivity index (χ4v) is 5.06. The number of furan rings is 1. The number of ketones is 1. The standard InChI is InChI=1S/C24H16Cl2N2O4S/c1-11-12(2)33-24(27-11)28-20(14-7-8-15(25)16(26)9-14)19(22(30)23(28)31)21(29)18-10-13-5-3-4-6-17(13)32-18/h3-10,20,30H,1-2H3. The summed E-state index contributed by atoms with van der Waals surface area (Å²) in [4.78, 5) is 33.5. The van der Waals surface area contributed by atoms with Gasteiger partial charge in [0.2, 0.25) is 5.78 Å². The monoisotopic (exact) mass is 498 g/mol. The second kappa shape index (κ2) is 8.02. The molecule has 0 bridgehead atoms. The van der Waals surface area contributed by atoms with E-state index in [2.05, 4.69) is 4.98 Å². The highest BCUT2D eigenvalue weighted by Crippen LogP contribution is 2.44. The molecule has 0 fully saturated rings. The van der Waals surface area contributed by atoms with Gasteiger partial charge in [-0.05, 0) is 43.7 Å². The minimum absolute atomic E-state index is 0.0176. The van der Waals surface area contributed by atoms with Gasteiger partial charge in [0.1, 0.15) is 5.58 Å². The van der Waals surface area contributed by atoms with Crippen molar-refractivity contribution in [1.29, 1.82) is 0 Å². The summed E-state index contributed by atoms with van der Waals surface area (Å²) in [5.41, 5.74) is 1.68. The number of Topliss-reactive ketones (excluding diaryl/α,β-unsaturated/α-hetero) is 1. The van der Waals surface area contributed by atoms with Crippen LogP contribution >= 0.6 is 34.5 Å². The van der Waals surface area contributed by atoms with Crippen molar-refractivity contribution >= 4 is 62.3 Å². The zero-order valence-electron chi connectivity index (χ0n) is 17.4. The third kappa shape index (κ3) is 3.53. The largest absolute Gasteiger partial charge is 0.503 e. The maximum atomic E-state index is 13.6. The molecule has 3 heterocycles. The molecule has 0 saturated carbocycles. The topological polar surface area (TPSA) is 83.6 Å². The van der Waals surface area contributed by atoms with Crippen LogP contribution in [0.25, 0.3) is 11.0 Å². The predicted molar refractivity (Wildman–Crippen MR) is 128 cm³/mol. The van der Waals surface area contributed by atoms with Crippen molar-refractivity contribution in [2.75, 3.05) is 4.90 Å². The van der Waals surface area contributed by atoms with E-state index < -0.39 is 23.5 Å². The highest BCUT2D eigenvalue weighted by Gasteiger charge is 2.46. The summed E-state index contributed by atoms with van der Waals surface area (Å²) in [5, 5.41) is 12.6. The maximum Gasteiger partial charge on any atom is 0.296 e. The Hall–Kier alpha value is -3.13. The minimum Gasteiger partial charge on any atom is -0.503 e. The molecular weight excluding hydrogens is 483 g/mol. The number of hydrogen-bond acceptors (Lipinski definition) is 6. The van der Waals surface area contributed by atoms with Crippen molar-refractivity contribution in [3.05, 3.63) is 91.8 Å². The third-order valence-corrected chi connectivity index (χ3v) is 7.40. The molecule has 33 heavy (non-hydrogen) atoms. The van der Waals surface area contributed by atoms with Gasteiger partial charge in [-0.3, -0.25) is 14.5 Å². The van der Waals surface area contributed by atoms with Gasteiger partial charge in [-0.1, -0.05) is 47.5 Å². The lowest BCUT2D eigenvalue weighted by Crippen LogP contribution is -2.31. The predicted octanol–water partition coefficient (Wildman–Crippen LogP) is 6.60. The van der Waals surface area contributed by atoms with Crippen LogP contribution in [0, 0.1) is 13.8 Å². The van der Waals surface area contributed by atoms with E-state index in [-0.39, 0.29) is 16.4 Å². The smallest absolute Gasteiger partial charge is 0.296 e. The van der Waals surface area contributed by atoms with Gasteiger partial charge in [0.05, 0.1) is 27.4 Å². The van der Waals surface area contributed by atoms with Crippen LogP contribution in [0.3, 0.4) is 0 Å². The van der Waals surface area contributed by atoms with E-state index in [0.717, 1.165) is 16.0 Å². The van der Waals surface area contributed by atoms with Crippen molar-refractivity contribution in [2.24, 2.45) is 0 Å². The van der Waals surface area contributed by atoms with Gasteiger partial charge >= 0.3 is 0 Å². The normalized spacial score (nSPS) is 16.3. The number of para-hydroxylation sites is 1. The van der Waals surface area contributed by atoms with Crippen LogP contribution in [-0.2, 0) is 4.79 Å². The summed E-state index contributed by atoms with van der Waals surface area (Å²) in [6, 6.07) is 12.6. The lowest BCUT2D eigenvalue weighted by molar-refractivity contribution is -0.117. The number of anilines is 1. The van der Waals surface area contributed by atoms with Gasteiger partial charge in [0, 0.05) is 10.3 Å². The van der Waals surface area contributed by atoms with Gasteiger partial charge in [-0.25, -0.2) is 4.98 Å².